The zero-order valence-corrected chi connectivity index (χ0v) is 27.2. The molecule has 49 heavy (non-hydrogen) atoms. The molecule has 9 aromatic rings. The highest BCUT2D eigenvalue weighted by Crippen LogP contribution is 2.48. The fourth-order valence-electron chi connectivity index (χ4n) is 7.43. The minimum Gasteiger partial charge on any atom is -0.255 e. The predicted molar refractivity (Wildman–Crippen MR) is 204 cm³/mol. The molecular formula is C45H27N3S. The number of nitrogens with zero attached hydrogens (tertiary/aromatic N) is 3. The SMILES string of the molecule is c1ccc(-c2ccccc2-c2nccc3c2sc2ccccc23)c(-c2ncc3c(n2)-c2ccccc2-c2ccccc2-c2ccccc2-3)c1. The van der Waals surface area contributed by atoms with Gasteiger partial charge in [-0.15, -0.1) is 11.3 Å². The van der Waals surface area contributed by atoms with E-state index < -0.39 is 0 Å². The van der Waals surface area contributed by atoms with E-state index in [0.29, 0.717) is 5.82 Å². The summed E-state index contributed by atoms with van der Waals surface area (Å²) in [5, 5.41) is 2.50. The summed E-state index contributed by atoms with van der Waals surface area (Å²) in [5.41, 5.74) is 14.2. The molecule has 10 rings (SSSR count). The van der Waals surface area contributed by atoms with Crippen molar-refractivity contribution in [2.75, 3.05) is 0 Å². The first-order chi connectivity index (χ1) is 24.3. The van der Waals surface area contributed by atoms with Gasteiger partial charge in [0.2, 0.25) is 0 Å². The van der Waals surface area contributed by atoms with Crippen molar-refractivity contribution in [2.45, 2.75) is 0 Å². The third-order valence-corrected chi connectivity index (χ3v) is 10.8. The molecule has 0 fully saturated rings. The Hall–Kier alpha value is -6.23. The van der Waals surface area contributed by atoms with Crippen LogP contribution < -0.4 is 0 Å². The van der Waals surface area contributed by atoms with Gasteiger partial charge in [0.25, 0.3) is 0 Å². The van der Waals surface area contributed by atoms with Gasteiger partial charge in [-0.1, -0.05) is 140 Å². The van der Waals surface area contributed by atoms with E-state index in [0.717, 1.165) is 50.3 Å². The van der Waals surface area contributed by atoms with Gasteiger partial charge in [0.05, 0.1) is 16.1 Å². The van der Waals surface area contributed by atoms with Crippen molar-refractivity contribution in [3.63, 3.8) is 0 Å². The topological polar surface area (TPSA) is 38.7 Å². The van der Waals surface area contributed by atoms with Gasteiger partial charge in [-0.05, 0) is 51.1 Å². The van der Waals surface area contributed by atoms with Crippen LogP contribution in [-0.2, 0) is 0 Å². The zero-order chi connectivity index (χ0) is 32.3. The van der Waals surface area contributed by atoms with Crippen molar-refractivity contribution < 1.29 is 0 Å². The maximum Gasteiger partial charge on any atom is 0.160 e. The molecule has 0 aliphatic heterocycles. The second kappa shape index (κ2) is 11.2. The number of benzene rings is 6. The second-order valence-electron chi connectivity index (χ2n) is 12.3. The van der Waals surface area contributed by atoms with E-state index in [-0.39, 0.29) is 0 Å². The molecule has 1 aliphatic carbocycles. The number of aromatic nitrogens is 3. The van der Waals surface area contributed by atoms with Crippen molar-refractivity contribution in [2.24, 2.45) is 0 Å². The largest absolute Gasteiger partial charge is 0.255 e. The highest BCUT2D eigenvalue weighted by molar-refractivity contribution is 7.26. The average Bonchev–Trinajstić information content (AvgIpc) is 3.56. The number of hydrogen-bond acceptors (Lipinski definition) is 4. The summed E-state index contributed by atoms with van der Waals surface area (Å²) in [6.07, 6.45) is 3.95. The first-order valence-electron chi connectivity index (χ1n) is 16.4. The average molecular weight is 642 g/mol. The quantitative estimate of drug-likeness (QED) is 0.193. The van der Waals surface area contributed by atoms with E-state index in [9.17, 15) is 0 Å². The number of hydrogen-bond donors (Lipinski definition) is 0. The van der Waals surface area contributed by atoms with E-state index >= 15 is 0 Å². The van der Waals surface area contributed by atoms with Crippen LogP contribution in [0.2, 0.25) is 0 Å². The number of fused-ring (bicyclic) bond motifs is 11. The lowest BCUT2D eigenvalue weighted by Gasteiger charge is -2.22. The van der Waals surface area contributed by atoms with Crippen LogP contribution in [0.25, 0.3) is 98.6 Å². The Morgan fingerprint density at radius 3 is 1.41 bits per heavy atom. The van der Waals surface area contributed by atoms with Crippen LogP contribution >= 0.6 is 11.3 Å². The van der Waals surface area contributed by atoms with Gasteiger partial charge < -0.3 is 0 Å². The highest BCUT2D eigenvalue weighted by Gasteiger charge is 2.24. The van der Waals surface area contributed by atoms with Crippen LogP contribution in [0.1, 0.15) is 0 Å². The lowest BCUT2D eigenvalue weighted by molar-refractivity contribution is 1.18. The Kier molecular flexibility index (Phi) is 6.36. The predicted octanol–water partition coefficient (Wildman–Crippen LogP) is 12.2. The standard InChI is InChI=1S/C45H27N3S/c1-2-14-29-28(13-1)30-15-3-4-19-34(30)40-27-47-45(48-42(40)36-21-8-5-16-31(29)36)39-23-10-7-18-33(39)32-17-6-9-22-37(32)43-44-38(25-26-46-43)35-20-11-12-24-41(35)49-44/h1-27H. The molecule has 6 aromatic carbocycles. The van der Waals surface area contributed by atoms with Gasteiger partial charge >= 0.3 is 0 Å². The Morgan fingerprint density at radius 1 is 0.347 bits per heavy atom. The molecule has 0 bridgehead atoms. The first-order valence-corrected chi connectivity index (χ1v) is 17.3. The highest BCUT2D eigenvalue weighted by atomic mass is 32.1. The molecule has 228 valence electrons. The van der Waals surface area contributed by atoms with Crippen LogP contribution in [0.5, 0.6) is 0 Å². The first kappa shape index (κ1) is 27.8. The van der Waals surface area contributed by atoms with E-state index in [1.165, 1.54) is 42.4 Å². The summed E-state index contributed by atoms with van der Waals surface area (Å²) in [4.78, 5) is 15.5. The molecule has 3 aromatic heterocycles. The van der Waals surface area contributed by atoms with Crippen LogP contribution in [0, 0.1) is 0 Å². The monoisotopic (exact) mass is 641 g/mol. The van der Waals surface area contributed by atoms with Gasteiger partial charge in [-0.3, -0.25) is 4.98 Å². The summed E-state index contributed by atoms with van der Waals surface area (Å²) < 4.78 is 2.46. The van der Waals surface area contributed by atoms with Crippen LogP contribution in [-0.4, -0.2) is 15.0 Å². The Morgan fingerprint density at radius 2 is 0.796 bits per heavy atom. The summed E-state index contributed by atoms with van der Waals surface area (Å²) in [7, 11) is 0. The molecule has 3 nitrogen and oxygen atoms in total. The van der Waals surface area contributed by atoms with Crippen LogP contribution in [0.4, 0.5) is 0 Å². The lowest BCUT2D eigenvalue weighted by Crippen LogP contribution is -2.02. The van der Waals surface area contributed by atoms with Crippen molar-refractivity contribution in [3.8, 4) is 78.4 Å². The van der Waals surface area contributed by atoms with Gasteiger partial charge in [-0.2, -0.15) is 0 Å². The van der Waals surface area contributed by atoms with Crippen molar-refractivity contribution >= 4 is 31.5 Å². The van der Waals surface area contributed by atoms with Gasteiger partial charge in [-0.25, -0.2) is 9.97 Å². The molecule has 0 unspecified atom stereocenters. The van der Waals surface area contributed by atoms with E-state index in [1.807, 2.05) is 12.4 Å². The van der Waals surface area contributed by atoms with E-state index in [4.69, 9.17) is 15.0 Å². The molecule has 0 atom stereocenters. The maximum atomic E-state index is 5.44. The van der Waals surface area contributed by atoms with Crippen molar-refractivity contribution in [1.82, 2.24) is 15.0 Å². The normalized spacial score (nSPS) is 11.7. The van der Waals surface area contributed by atoms with Crippen LogP contribution in [0.3, 0.4) is 0 Å². The van der Waals surface area contributed by atoms with Crippen molar-refractivity contribution in [3.05, 3.63) is 164 Å². The Balaban J connectivity index is 1.19. The molecule has 0 spiro atoms. The minimum absolute atomic E-state index is 0.693. The molecule has 0 N–H and O–H groups in total. The smallest absolute Gasteiger partial charge is 0.160 e. The number of thiophene rings is 1. The number of pyridine rings is 1. The molecule has 4 heteroatoms. The fraction of sp³-hybridized carbons (Fsp3) is 0. The van der Waals surface area contributed by atoms with Crippen LogP contribution in [0.15, 0.2) is 164 Å². The molecule has 3 heterocycles. The summed E-state index contributed by atoms with van der Waals surface area (Å²) in [6, 6.07) is 53.7. The van der Waals surface area contributed by atoms with E-state index in [2.05, 4.69) is 152 Å². The molecule has 0 saturated carbocycles. The summed E-state index contributed by atoms with van der Waals surface area (Å²) in [6.45, 7) is 0. The third-order valence-electron chi connectivity index (χ3n) is 9.63. The van der Waals surface area contributed by atoms with Gasteiger partial charge in [0, 0.05) is 50.1 Å². The Bertz CT molecular complexity index is 2730. The number of rotatable bonds is 3. The summed E-state index contributed by atoms with van der Waals surface area (Å²) >= 11 is 1.80. The molecule has 1 aliphatic rings. The minimum atomic E-state index is 0.693. The second-order valence-corrected chi connectivity index (χ2v) is 13.4. The summed E-state index contributed by atoms with van der Waals surface area (Å²) in [5.74, 6) is 0.693. The Labute approximate surface area is 287 Å². The van der Waals surface area contributed by atoms with Crippen molar-refractivity contribution in [1.29, 1.82) is 0 Å². The van der Waals surface area contributed by atoms with E-state index in [1.54, 1.807) is 11.3 Å². The zero-order valence-electron chi connectivity index (χ0n) is 26.3. The van der Waals surface area contributed by atoms with Gasteiger partial charge in [0.1, 0.15) is 0 Å². The van der Waals surface area contributed by atoms with Gasteiger partial charge in [0.15, 0.2) is 5.82 Å². The molecular weight excluding hydrogens is 615 g/mol. The molecule has 0 radical (unpaired) electrons. The lowest BCUT2D eigenvalue weighted by atomic mass is 9.83. The fourth-order valence-corrected chi connectivity index (χ4v) is 8.63. The molecule has 0 amide bonds. The maximum absolute atomic E-state index is 5.44. The third kappa shape index (κ3) is 4.38. The molecule has 0 saturated heterocycles.